The van der Waals surface area contributed by atoms with E-state index in [0.29, 0.717) is 5.82 Å². The lowest BCUT2D eigenvalue weighted by molar-refractivity contribution is -0.117. The minimum atomic E-state index is -0.211. The van der Waals surface area contributed by atoms with Crippen molar-refractivity contribution in [1.29, 1.82) is 0 Å². The van der Waals surface area contributed by atoms with E-state index in [1.54, 1.807) is 18.7 Å². The van der Waals surface area contributed by atoms with Crippen LogP contribution in [0.5, 0.6) is 0 Å². The number of hydrogen-bond acceptors (Lipinski definition) is 3. The summed E-state index contributed by atoms with van der Waals surface area (Å²) in [5, 5.41) is 9.70. The van der Waals surface area contributed by atoms with E-state index in [1.165, 1.54) is 0 Å². The molecule has 0 spiro atoms. The van der Waals surface area contributed by atoms with Gasteiger partial charge < -0.3 is 10.6 Å². The van der Waals surface area contributed by atoms with E-state index < -0.39 is 0 Å². The molecule has 0 aromatic carbocycles. The standard InChI is InChI=1S/C9H16N4O/c1-6-5-8(12-13(6)4)11-9(14)7(2)10-3/h5,7,10H,1-4H3,(H,11,12,14). The van der Waals surface area contributed by atoms with Crippen molar-refractivity contribution in [3.8, 4) is 0 Å². The zero-order chi connectivity index (χ0) is 10.7. The van der Waals surface area contributed by atoms with Crippen LogP contribution in [-0.4, -0.2) is 28.8 Å². The summed E-state index contributed by atoms with van der Waals surface area (Å²) in [6.07, 6.45) is 0. The molecule has 78 valence electrons. The normalized spacial score (nSPS) is 12.6. The lowest BCUT2D eigenvalue weighted by Crippen LogP contribution is -2.35. The Morgan fingerprint density at radius 1 is 1.64 bits per heavy atom. The third-order valence-electron chi connectivity index (χ3n) is 2.19. The first kappa shape index (κ1) is 10.7. The van der Waals surface area contributed by atoms with Gasteiger partial charge in [0.05, 0.1) is 6.04 Å². The average molecular weight is 196 g/mol. The number of likely N-dealkylation sites (N-methyl/N-ethyl adjacent to an activating group) is 1. The van der Waals surface area contributed by atoms with Gasteiger partial charge in [-0.25, -0.2) is 0 Å². The van der Waals surface area contributed by atoms with Crippen LogP contribution in [0.25, 0.3) is 0 Å². The summed E-state index contributed by atoms with van der Waals surface area (Å²) in [5.74, 6) is 0.516. The van der Waals surface area contributed by atoms with Crippen LogP contribution in [0.1, 0.15) is 12.6 Å². The molecular formula is C9H16N4O. The highest BCUT2D eigenvalue weighted by Crippen LogP contribution is 2.06. The van der Waals surface area contributed by atoms with Crippen LogP contribution >= 0.6 is 0 Å². The van der Waals surface area contributed by atoms with E-state index in [-0.39, 0.29) is 11.9 Å². The molecule has 0 fully saturated rings. The molecule has 1 atom stereocenters. The predicted molar refractivity (Wildman–Crippen MR) is 55.1 cm³/mol. The zero-order valence-corrected chi connectivity index (χ0v) is 8.96. The molecule has 0 aliphatic carbocycles. The fourth-order valence-corrected chi connectivity index (χ4v) is 0.987. The Kier molecular flexibility index (Phi) is 3.24. The summed E-state index contributed by atoms with van der Waals surface area (Å²) in [6, 6.07) is 1.62. The smallest absolute Gasteiger partial charge is 0.242 e. The van der Waals surface area contributed by atoms with Gasteiger partial charge in [0.1, 0.15) is 0 Å². The van der Waals surface area contributed by atoms with Crippen molar-refractivity contribution in [3.63, 3.8) is 0 Å². The molecule has 1 aromatic heterocycles. The summed E-state index contributed by atoms with van der Waals surface area (Å²) < 4.78 is 1.72. The number of carbonyl (C=O) groups is 1. The number of aryl methyl sites for hydroxylation is 2. The molecule has 1 unspecified atom stereocenters. The van der Waals surface area contributed by atoms with Gasteiger partial charge in [-0.1, -0.05) is 0 Å². The van der Waals surface area contributed by atoms with Gasteiger partial charge in [0.15, 0.2) is 5.82 Å². The highest BCUT2D eigenvalue weighted by Gasteiger charge is 2.11. The third kappa shape index (κ3) is 2.32. The van der Waals surface area contributed by atoms with Gasteiger partial charge in [0.25, 0.3) is 0 Å². The number of nitrogens with zero attached hydrogens (tertiary/aromatic N) is 2. The van der Waals surface area contributed by atoms with Gasteiger partial charge in [0.2, 0.25) is 5.91 Å². The Labute approximate surface area is 83.5 Å². The van der Waals surface area contributed by atoms with Crippen LogP contribution in [0.15, 0.2) is 6.07 Å². The highest BCUT2D eigenvalue weighted by atomic mass is 16.2. The zero-order valence-electron chi connectivity index (χ0n) is 8.96. The van der Waals surface area contributed by atoms with Gasteiger partial charge >= 0.3 is 0 Å². The van der Waals surface area contributed by atoms with Gasteiger partial charge in [-0.3, -0.25) is 9.48 Å². The second-order valence-electron chi connectivity index (χ2n) is 3.29. The number of nitrogens with one attached hydrogen (secondary N) is 2. The van der Waals surface area contributed by atoms with Crippen LogP contribution in [0.4, 0.5) is 5.82 Å². The number of anilines is 1. The lowest BCUT2D eigenvalue weighted by Gasteiger charge is -2.08. The largest absolute Gasteiger partial charge is 0.309 e. The van der Waals surface area contributed by atoms with E-state index in [4.69, 9.17) is 0 Å². The van der Waals surface area contributed by atoms with Gasteiger partial charge in [-0.05, 0) is 20.9 Å². The van der Waals surface area contributed by atoms with Crippen LogP contribution in [-0.2, 0) is 11.8 Å². The van der Waals surface area contributed by atoms with E-state index in [0.717, 1.165) is 5.69 Å². The topological polar surface area (TPSA) is 59.0 Å². The number of aromatic nitrogens is 2. The number of carbonyl (C=O) groups excluding carboxylic acids is 1. The first-order valence-electron chi connectivity index (χ1n) is 4.53. The van der Waals surface area contributed by atoms with Crippen molar-refractivity contribution in [2.45, 2.75) is 19.9 Å². The number of amides is 1. The maximum Gasteiger partial charge on any atom is 0.242 e. The molecule has 1 aromatic rings. The molecule has 0 saturated carbocycles. The Balaban J connectivity index is 2.65. The first-order valence-corrected chi connectivity index (χ1v) is 4.53. The fraction of sp³-hybridized carbons (Fsp3) is 0.556. The highest BCUT2D eigenvalue weighted by molar-refractivity contribution is 5.93. The minimum Gasteiger partial charge on any atom is -0.309 e. The Bertz CT molecular complexity index is 312. The Morgan fingerprint density at radius 2 is 2.29 bits per heavy atom. The van der Waals surface area contributed by atoms with Crippen molar-refractivity contribution in [2.75, 3.05) is 12.4 Å². The second-order valence-corrected chi connectivity index (χ2v) is 3.29. The summed E-state index contributed by atoms with van der Waals surface area (Å²) in [5.41, 5.74) is 1.01. The third-order valence-corrected chi connectivity index (χ3v) is 2.19. The molecule has 5 heteroatoms. The molecule has 1 amide bonds. The van der Waals surface area contributed by atoms with Crippen LogP contribution in [0.3, 0.4) is 0 Å². The van der Waals surface area contributed by atoms with Crippen molar-refractivity contribution in [2.24, 2.45) is 7.05 Å². The van der Waals surface area contributed by atoms with Crippen molar-refractivity contribution in [3.05, 3.63) is 11.8 Å². The van der Waals surface area contributed by atoms with Crippen molar-refractivity contribution in [1.82, 2.24) is 15.1 Å². The first-order chi connectivity index (χ1) is 6.54. The van der Waals surface area contributed by atoms with E-state index in [9.17, 15) is 4.79 Å². The molecule has 1 rings (SSSR count). The molecule has 0 radical (unpaired) electrons. The summed E-state index contributed by atoms with van der Waals surface area (Å²) in [6.45, 7) is 3.73. The predicted octanol–water partition coefficient (Wildman–Crippen LogP) is 0.275. The number of hydrogen-bond donors (Lipinski definition) is 2. The fourth-order valence-electron chi connectivity index (χ4n) is 0.987. The quantitative estimate of drug-likeness (QED) is 0.729. The SMILES string of the molecule is CNC(C)C(=O)Nc1cc(C)n(C)n1. The van der Waals surface area contributed by atoms with Crippen molar-refractivity contribution >= 4 is 11.7 Å². The van der Waals surface area contributed by atoms with Crippen molar-refractivity contribution < 1.29 is 4.79 Å². The van der Waals surface area contributed by atoms with E-state index >= 15 is 0 Å². The van der Waals surface area contributed by atoms with Gasteiger partial charge in [-0.15, -0.1) is 0 Å². The van der Waals surface area contributed by atoms with E-state index in [2.05, 4.69) is 15.7 Å². The molecule has 14 heavy (non-hydrogen) atoms. The molecule has 5 nitrogen and oxygen atoms in total. The second kappa shape index (κ2) is 4.23. The molecule has 0 bridgehead atoms. The molecule has 0 aliphatic rings. The summed E-state index contributed by atoms with van der Waals surface area (Å²) in [4.78, 5) is 11.4. The Morgan fingerprint density at radius 3 is 2.71 bits per heavy atom. The monoisotopic (exact) mass is 196 g/mol. The summed E-state index contributed by atoms with van der Waals surface area (Å²) >= 11 is 0. The summed E-state index contributed by atoms with van der Waals surface area (Å²) in [7, 11) is 3.58. The maximum atomic E-state index is 11.4. The van der Waals surface area contributed by atoms with Crippen LogP contribution in [0, 0.1) is 6.92 Å². The molecular weight excluding hydrogens is 180 g/mol. The average Bonchev–Trinajstić information content (AvgIpc) is 2.44. The van der Waals surface area contributed by atoms with Crippen LogP contribution < -0.4 is 10.6 Å². The van der Waals surface area contributed by atoms with Crippen LogP contribution in [0.2, 0.25) is 0 Å². The number of rotatable bonds is 3. The molecule has 1 heterocycles. The minimum absolute atomic E-state index is 0.0781. The lowest BCUT2D eigenvalue weighted by atomic mass is 10.3. The van der Waals surface area contributed by atoms with Gasteiger partial charge in [0, 0.05) is 18.8 Å². The molecule has 0 aliphatic heterocycles. The molecule has 0 saturated heterocycles. The molecule has 2 N–H and O–H groups in total. The maximum absolute atomic E-state index is 11.4. The van der Waals surface area contributed by atoms with E-state index in [1.807, 2.05) is 20.0 Å². The Hall–Kier alpha value is -1.36. The van der Waals surface area contributed by atoms with Gasteiger partial charge in [-0.2, -0.15) is 5.10 Å².